The Hall–Kier alpha value is -3.61. The number of hydrogen-bond acceptors (Lipinski definition) is 4. The summed E-state index contributed by atoms with van der Waals surface area (Å²) in [5.41, 5.74) is 2.42. The highest BCUT2D eigenvalue weighted by atomic mass is 16.5. The Morgan fingerprint density at radius 2 is 1.72 bits per heavy atom. The largest absolute Gasteiger partial charge is 0.451 e. The van der Waals surface area contributed by atoms with Crippen molar-refractivity contribution in [2.24, 2.45) is 0 Å². The van der Waals surface area contributed by atoms with E-state index in [0.29, 0.717) is 5.69 Å². The number of fused-ring (bicyclic) bond motifs is 1. The van der Waals surface area contributed by atoms with Crippen LogP contribution in [0.15, 0.2) is 60.8 Å². The first-order valence-electron chi connectivity index (χ1n) is 9.32. The highest BCUT2D eigenvalue weighted by Crippen LogP contribution is 2.19. The summed E-state index contributed by atoms with van der Waals surface area (Å²) in [5.74, 6) is -1.47. The second kappa shape index (κ2) is 9.05. The third-order valence-electron chi connectivity index (χ3n) is 4.46. The van der Waals surface area contributed by atoms with Gasteiger partial charge in [0.25, 0.3) is 5.91 Å². The molecule has 3 rings (SSSR count). The summed E-state index contributed by atoms with van der Waals surface area (Å²) in [6, 6.07) is 15.7. The van der Waals surface area contributed by atoms with Gasteiger partial charge in [-0.25, -0.2) is 4.79 Å². The van der Waals surface area contributed by atoms with Crippen LogP contribution in [0.3, 0.4) is 0 Å². The van der Waals surface area contributed by atoms with Gasteiger partial charge < -0.3 is 20.4 Å². The number of hydrogen-bond donors (Lipinski definition) is 3. The smallest absolute Gasteiger partial charge is 0.329 e. The van der Waals surface area contributed by atoms with Crippen LogP contribution in [-0.2, 0) is 25.5 Å². The zero-order chi connectivity index (χ0) is 20.8. The predicted octanol–water partition coefficient (Wildman–Crippen LogP) is 2.79. The lowest BCUT2D eigenvalue weighted by atomic mass is 10.0. The molecule has 7 heteroatoms. The lowest BCUT2D eigenvalue weighted by Crippen LogP contribution is -2.44. The standard InChI is InChI=1S/C22H23N3O4/c1-14(21(27)25-17-8-4-3-5-9-17)29-22(28)20(24-15(2)26)12-16-13-23-19-11-7-6-10-18(16)19/h3-11,13-14,20,23H,12H2,1-2H3,(H,24,26)(H,25,27)/t14-,20+/m1/s1. The maximum absolute atomic E-state index is 12.7. The van der Waals surface area contributed by atoms with Gasteiger partial charge in [-0.1, -0.05) is 36.4 Å². The molecular weight excluding hydrogens is 370 g/mol. The van der Waals surface area contributed by atoms with Crippen molar-refractivity contribution in [3.05, 3.63) is 66.4 Å². The molecule has 0 aliphatic rings. The van der Waals surface area contributed by atoms with Crippen LogP contribution in [0.4, 0.5) is 5.69 Å². The molecule has 0 aliphatic heterocycles. The van der Waals surface area contributed by atoms with E-state index >= 15 is 0 Å². The molecule has 0 saturated heterocycles. The molecule has 1 heterocycles. The van der Waals surface area contributed by atoms with E-state index in [4.69, 9.17) is 4.74 Å². The van der Waals surface area contributed by atoms with Gasteiger partial charge >= 0.3 is 5.97 Å². The number of esters is 1. The number of H-pyrrole nitrogens is 1. The van der Waals surface area contributed by atoms with Crippen molar-refractivity contribution in [1.82, 2.24) is 10.3 Å². The zero-order valence-corrected chi connectivity index (χ0v) is 16.3. The van der Waals surface area contributed by atoms with Gasteiger partial charge in [0.05, 0.1) is 0 Å². The van der Waals surface area contributed by atoms with Crippen molar-refractivity contribution in [1.29, 1.82) is 0 Å². The third-order valence-corrected chi connectivity index (χ3v) is 4.46. The average Bonchev–Trinajstić information content (AvgIpc) is 3.11. The Labute approximate surface area is 168 Å². The Bertz CT molecular complexity index is 1010. The first-order valence-corrected chi connectivity index (χ1v) is 9.32. The number of nitrogens with one attached hydrogen (secondary N) is 3. The molecule has 29 heavy (non-hydrogen) atoms. The van der Waals surface area contributed by atoms with Gasteiger partial charge in [-0.05, 0) is 30.7 Å². The van der Waals surface area contributed by atoms with E-state index in [2.05, 4.69) is 15.6 Å². The fraction of sp³-hybridized carbons (Fsp3) is 0.227. The number of ether oxygens (including phenoxy) is 1. The molecule has 0 bridgehead atoms. The molecule has 0 spiro atoms. The number of para-hydroxylation sites is 2. The van der Waals surface area contributed by atoms with Crippen LogP contribution in [0.25, 0.3) is 10.9 Å². The van der Waals surface area contributed by atoms with E-state index in [-0.39, 0.29) is 12.3 Å². The Morgan fingerprint density at radius 3 is 2.45 bits per heavy atom. The molecule has 0 unspecified atom stereocenters. The van der Waals surface area contributed by atoms with Crippen LogP contribution in [0.5, 0.6) is 0 Å². The van der Waals surface area contributed by atoms with Crippen LogP contribution in [0.2, 0.25) is 0 Å². The fourth-order valence-corrected chi connectivity index (χ4v) is 3.03. The van der Waals surface area contributed by atoms with Gasteiger partial charge in [0.1, 0.15) is 6.04 Å². The number of aromatic nitrogens is 1. The average molecular weight is 393 g/mol. The van der Waals surface area contributed by atoms with E-state index in [1.165, 1.54) is 13.8 Å². The number of amides is 2. The van der Waals surface area contributed by atoms with E-state index in [1.807, 2.05) is 30.3 Å². The van der Waals surface area contributed by atoms with Crippen molar-refractivity contribution in [2.75, 3.05) is 5.32 Å². The molecule has 0 fully saturated rings. The van der Waals surface area contributed by atoms with E-state index in [0.717, 1.165) is 16.5 Å². The van der Waals surface area contributed by atoms with Crippen LogP contribution < -0.4 is 10.6 Å². The minimum Gasteiger partial charge on any atom is -0.451 e. The predicted molar refractivity (Wildman–Crippen MR) is 110 cm³/mol. The Morgan fingerprint density at radius 1 is 1.03 bits per heavy atom. The maximum Gasteiger partial charge on any atom is 0.329 e. The quantitative estimate of drug-likeness (QED) is 0.537. The first-order chi connectivity index (χ1) is 13.9. The van der Waals surface area contributed by atoms with Crippen molar-refractivity contribution >= 4 is 34.4 Å². The second-order valence-electron chi connectivity index (χ2n) is 6.75. The van der Waals surface area contributed by atoms with Gasteiger partial charge in [0.2, 0.25) is 5.91 Å². The third kappa shape index (κ3) is 5.22. The van der Waals surface area contributed by atoms with E-state index < -0.39 is 24.0 Å². The molecule has 0 radical (unpaired) electrons. The maximum atomic E-state index is 12.7. The number of aromatic amines is 1. The van der Waals surface area contributed by atoms with E-state index in [9.17, 15) is 14.4 Å². The molecule has 0 saturated carbocycles. The summed E-state index contributed by atoms with van der Waals surface area (Å²) in [4.78, 5) is 39.7. The van der Waals surface area contributed by atoms with Crippen molar-refractivity contribution in [3.8, 4) is 0 Å². The number of carbonyl (C=O) groups excluding carboxylic acids is 3. The van der Waals surface area contributed by atoms with Crippen molar-refractivity contribution < 1.29 is 19.1 Å². The molecule has 2 atom stereocenters. The summed E-state index contributed by atoms with van der Waals surface area (Å²) in [7, 11) is 0. The number of benzene rings is 2. The highest BCUT2D eigenvalue weighted by molar-refractivity contribution is 5.95. The van der Waals surface area contributed by atoms with Crippen LogP contribution in [0, 0.1) is 0 Å². The Balaban J connectivity index is 1.68. The van der Waals surface area contributed by atoms with Crippen molar-refractivity contribution in [2.45, 2.75) is 32.4 Å². The molecule has 0 aliphatic carbocycles. The van der Waals surface area contributed by atoms with E-state index in [1.54, 1.807) is 30.5 Å². The summed E-state index contributed by atoms with van der Waals surface area (Å²) in [5, 5.41) is 6.27. The number of rotatable bonds is 7. The van der Waals surface area contributed by atoms with Crippen LogP contribution >= 0.6 is 0 Å². The lowest BCUT2D eigenvalue weighted by molar-refractivity contribution is -0.156. The molecule has 3 aromatic rings. The molecule has 2 aromatic carbocycles. The van der Waals surface area contributed by atoms with Gasteiger partial charge in [-0.3, -0.25) is 9.59 Å². The number of carbonyl (C=O) groups is 3. The minimum absolute atomic E-state index is 0.245. The molecule has 2 amide bonds. The highest BCUT2D eigenvalue weighted by Gasteiger charge is 2.27. The monoisotopic (exact) mass is 393 g/mol. The van der Waals surface area contributed by atoms with Gasteiger partial charge in [0.15, 0.2) is 6.10 Å². The summed E-state index contributed by atoms with van der Waals surface area (Å²) in [6.45, 7) is 2.83. The Kier molecular flexibility index (Phi) is 6.29. The molecule has 3 N–H and O–H groups in total. The molecule has 1 aromatic heterocycles. The SMILES string of the molecule is CC(=O)N[C@@H](Cc1c[nH]c2ccccc12)C(=O)O[C@H](C)C(=O)Nc1ccccc1. The summed E-state index contributed by atoms with van der Waals surface area (Å²) >= 11 is 0. The summed E-state index contributed by atoms with van der Waals surface area (Å²) < 4.78 is 5.33. The van der Waals surface area contributed by atoms with Gasteiger partial charge in [-0.2, -0.15) is 0 Å². The van der Waals surface area contributed by atoms with Gasteiger partial charge in [0, 0.05) is 36.1 Å². The second-order valence-corrected chi connectivity index (χ2v) is 6.75. The summed E-state index contributed by atoms with van der Waals surface area (Å²) in [6.07, 6.45) is 1.04. The molecule has 150 valence electrons. The minimum atomic E-state index is -1.01. The van der Waals surface area contributed by atoms with Gasteiger partial charge in [-0.15, -0.1) is 0 Å². The first kappa shape index (κ1) is 20.1. The van der Waals surface area contributed by atoms with Crippen LogP contribution in [0.1, 0.15) is 19.4 Å². The number of anilines is 1. The van der Waals surface area contributed by atoms with Crippen LogP contribution in [-0.4, -0.2) is 34.9 Å². The molecular formula is C22H23N3O4. The fourth-order valence-electron chi connectivity index (χ4n) is 3.03. The normalized spacial score (nSPS) is 12.8. The zero-order valence-electron chi connectivity index (χ0n) is 16.3. The molecule has 7 nitrogen and oxygen atoms in total. The van der Waals surface area contributed by atoms with Crippen molar-refractivity contribution in [3.63, 3.8) is 0 Å². The topological polar surface area (TPSA) is 100 Å². The lowest BCUT2D eigenvalue weighted by Gasteiger charge is -2.20.